The van der Waals surface area contributed by atoms with Crippen LogP contribution in [0.25, 0.3) is 0 Å². The zero-order valence-corrected chi connectivity index (χ0v) is 21.2. The molecule has 0 unspecified atom stereocenters. The van der Waals surface area contributed by atoms with Gasteiger partial charge in [0.1, 0.15) is 18.2 Å². The number of hydrogen-bond donors (Lipinski definition) is 0. The second-order valence-corrected chi connectivity index (χ2v) is 10.3. The fourth-order valence-electron chi connectivity index (χ4n) is 5.65. The first-order valence-corrected chi connectivity index (χ1v) is 12.9. The summed E-state index contributed by atoms with van der Waals surface area (Å²) in [7, 11) is 3.91. The van der Waals surface area contributed by atoms with Gasteiger partial charge in [-0.3, -0.25) is 4.90 Å². The highest BCUT2D eigenvalue weighted by molar-refractivity contribution is 5.53. The predicted octanol–water partition coefficient (Wildman–Crippen LogP) is 4.16. The summed E-state index contributed by atoms with van der Waals surface area (Å²) in [4.78, 5) is 17.3. The number of likely N-dealkylation sites (N-methyl/N-ethyl adjacent to an activating group) is 1. The number of nitrogens with zero attached hydrogens (tertiary/aromatic N) is 5. The van der Waals surface area contributed by atoms with Crippen molar-refractivity contribution < 1.29 is 9.47 Å². The maximum atomic E-state index is 6.23. The molecular weight excluding hydrogens is 426 g/mol. The Kier molecular flexibility index (Phi) is 6.93. The van der Waals surface area contributed by atoms with Crippen molar-refractivity contribution in [3.63, 3.8) is 0 Å². The van der Waals surface area contributed by atoms with Crippen molar-refractivity contribution in [2.24, 2.45) is 0 Å². The Morgan fingerprint density at radius 2 is 1.94 bits per heavy atom. The molecule has 0 radical (unpaired) electrons. The van der Waals surface area contributed by atoms with E-state index in [0.717, 1.165) is 50.0 Å². The van der Waals surface area contributed by atoms with Gasteiger partial charge < -0.3 is 19.3 Å². The number of anilines is 1. The van der Waals surface area contributed by atoms with Gasteiger partial charge in [0.2, 0.25) is 0 Å². The summed E-state index contributed by atoms with van der Waals surface area (Å²) in [5.74, 6) is 2.00. The monoisotopic (exact) mass is 465 g/mol. The van der Waals surface area contributed by atoms with Crippen molar-refractivity contribution in [3.8, 4) is 11.8 Å². The lowest BCUT2D eigenvalue weighted by Crippen LogP contribution is -2.39. The molecular formula is C27H39N5O2. The van der Waals surface area contributed by atoms with Crippen molar-refractivity contribution >= 4 is 5.82 Å². The van der Waals surface area contributed by atoms with Gasteiger partial charge in [0.25, 0.3) is 0 Å². The first-order chi connectivity index (χ1) is 16.5. The largest absolute Gasteiger partial charge is 0.497 e. The number of methoxy groups -OCH3 is 1. The van der Waals surface area contributed by atoms with E-state index >= 15 is 0 Å². The molecule has 2 saturated heterocycles. The van der Waals surface area contributed by atoms with Gasteiger partial charge in [0.15, 0.2) is 0 Å². The Bertz CT molecular complexity index is 1010. The first-order valence-electron chi connectivity index (χ1n) is 12.9. The molecule has 4 heterocycles. The number of likely N-dealkylation sites (tertiary alicyclic amines) is 1. The van der Waals surface area contributed by atoms with E-state index in [2.05, 4.69) is 47.7 Å². The normalized spacial score (nSPS) is 23.4. The van der Waals surface area contributed by atoms with Gasteiger partial charge in [0.05, 0.1) is 12.8 Å². The lowest BCUT2D eigenvalue weighted by molar-refractivity contribution is 0.187. The van der Waals surface area contributed by atoms with Crippen molar-refractivity contribution in [2.45, 2.75) is 77.7 Å². The molecule has 3 aliphatic heterocycles. The fraction of sp³-hybridized carbons (Fsp3) is 0.630. The predicted molar refractivity (Wildman–Crippen MR) is 135 cm³/mol. The third kappa shape index (κ3) is 4.86. The molecule has 0 bridgehead atoms. The number of rotatable bonds is 7. The van der Waals surface area contributed by atoms with Gasteiger partial charge >= 0.3 is 6.01 Å². The first kappa shape index (κ1) is 23.4. The van der Waals surface area contributed by atoms with Gasteiger partial charge in [-0.1, -0.05) is 6.07 Å². The van der Waals surface area contributed by atoms with Gasteiger partial charge in [-0.2, -0.15) is 9.97 Å². The summed E-state index contributed by atoms with van der Waals surface area (Å²) >= 11 is 0. The molecule has 3 aliphatic rings. The minimum absolute atomic E-state index is 0.460. The van der Waals surface area contributed by atoms with Crippen LogP contribution in [0.5, 0.6) is 11.8 Å². The quantitative estimate of drug-likeness (QED) is 0.609. The number of fused-ring (bicyclic) bond motifs is 1. The highest BCUT2D eigenvalue weighted by Gasteiger charge is 2.31. The maximum Gasteiger partial charge on any atom is 0.318 e. The SMILES string of the molecule is COc1ccc(C)c(CN2Cc3nc(OC[C@@H]4CCCN4C)nc(N4CCCC[C@@H]4C)c3C2)c1. The summed E-state index contributed by atoms with van der Waals surface area (Å²) in [5.41, 5.74) is 4.99. The average molecular weight is 466 g/mol. The van der Waals surface area contributed by atoms with E-state index in [1.54, 1.807) is 7.11 Å². The maximum absolute atomic E-state index is 6.23. The van der Waals surface area contributed by atoms with Crippen LogP contribution in [0, 0.1) is 6.92 Å². The van der Waals surface area contributed by atoms with Crippen LogP contribution < -0.4 is 14.4 Å². The molecule has 5 rings (SSSR count). The van der Waals surface area contributed by atoms with Crippen molar-refractivity contribution in [3.05, 3.63) is 40.6 Å². The number of hydrogen-bond acceptors (Lipinski definition) is 7. The fourth-order valence-corrected chi connectivity index (χ4v) is 5.65. The van der Waals surface area contributed by atoms with Crippen LogP contribution >= 0.6 is 0 Å². The molecule has 7 heteroatoms. The Labute approximate surface area is 204 Å². The lowest BCUT2D eigenvalue weighted by Gasteiger charge is -2.35. The molecule has 184 valence electrons. The molecule has 2 atom stereocenters. The standard InChI is InChI=1S/C27H39N5O2/c1-19-10-11-23(33-4)14-21(19)15-31-16-24-25(17-31)28-27(34-18-22-9-7-12-30(22)3)29-26(24)32-13-6-5-8-20(32)2/h10-11,14,20,22H,5-9,12-13,15-18H2,1-4H3/t20-,22-/m0/s1. The minimum atomic E-state index is 0.460. The van der Waals surface area contributed by atoms with Crippen molar-refractivity contribution in [2.75, 3.05) is 38.8 Å². The van der Waals surface area contributed by atoms with Gasteiger partial charge in [-0.25, -0.2) is 0 Å². The van der Waals surface area contributed by atoms with E-state index in [9.17, 15) is 0 Å². The summed E-state index contributed by atoms with van der Waals surface area (Å²) in [6.07, 6.45) is 6.16. The zero-order valence-electron chi connectivity index (χ0n) is 21.2. The van der Waals surface area contributed by atoms with Crippen molar-refractivity contribution in [1.29, 1.82) is 0 Å². The summed E-state index contributed by atoms with van der Waals surface area (Å²) < 4.78 is 11.7. The molecule has 0 aliphatic carbocycles. The van der Waals surface area contributed by atoms with Crippen LogP contribution in [0.3, 0.4) is 0 Å². The lowest BCUT2D eigenvalue weighted by atomic mass is 10.0. The number of piperidine rings is 1. The highest BCUT2D eigenvalue weighted by atomic mass is 16.5. The van der Waals surface area contributed by atoms with Gasteiger partial charge in [-0.15, -0.1) is 0 Å². The van der Waals surface area contributed by atoms with Crippen LogP contribution in [0.15, 0.2) is 18.2 Å². The highest BCUT2D eigenvalue weighted by Crippen LogP contribution is 2.35. The minimum Gasteiger partial charge on any atom is -0.497 e. The topological polar surface area (TPSA) is 54.0 Å². The average Bonchev–Trinajstić information content (AvgIpc) is 3.44. The van der Waals surface area contributed by atoms with Crippen LogP contribution in [0.2, 0.25) is 0 Å². The van der Waals surface area contributed by atoms with E-state index in [1.807, 2.05) is 6.07 Å². The van der Waals surface area contributed by atoms with Crippen LogP contribution in [0.4, 0.5) is 5.82 Å². The molecule has 0 saturated carbocycles. The molecule has 0 spiro atoms. The van der Waals surface area contributed by atoms with Crippen LogP contribution in [-0.4, -0.2) is 65.7 Å². The summed E-state index contributed by atoms with van der Waals surface area (Å²) in [5, 5.41) is 0. The molecule has 0 N–H and O–H groups in total. The number of aromatic nitrogens is 2. The Balaban J connectivity index is 1.39. The second kappa shape index (κ2) is 10.1. The van der Waals surface area contributed by atoms with Crippen LogP contribution in [0.1, 0.15) is 61.4 Å². The molecule has 1 aromatic heterocycles. The third-order valence-corrected chi connectivity index (χ3v) is 7.91. The molecule has 2 fully saturated rings. The molecule has 1 aromatic carbocycles. The second-order valence-electron chi connectivity index (χ2n) is 10.3. The van der Waals surface area contributed by atoms with E-state index in [1.165, 1.54) is 48.8 Å². The summed E-state index contributed by atoms with van der Waals surface area (Å²) in [6, 6.07) is 7.84. The smallest absolute Gasteiger partial charge is 0.318 e. The van der Waals surface area contributed by atoms with Gasteiger partial charge in [-0.05, 0) is 82.8 Å². The Morgan fingerprint density at radius 3 is 2.71 bits per heavy atom. The van der Waals surface area contributed by atoms with Crippen molar-refractivity contribution in [1.82, 2.24) is 19.8 Å². The van der Waals surface area contributed by atoms with E-state index in [0.29, 0.717) is 24.7 Å². The third-order valence-electron chi connectivity index (χ3n) is 7.91. The van der Waals surface area contributed by atoms with E-state index in [-0.39, 0.29) is 0 Å². The Morgan fingerprint density at radius 1 is 1.06 bits per heavy atom. The number of benzene rings is 1. The summed E-state index contributed by atoms with van der Waals surface area (Å²) in [6.45, 7) is 9.94. The number of ether oxygens (including phenoxy) is 2. The molecule has 7 nitrogen and oxygen atoms in total. The van der Waals surface area contributed by atoms with E-state index in [4.69, 9.17) is 19.4 Å². The molecule has 0 amide bonds. The molecule has 34 heavy (non-hydrogen) atoms. The number of aryl methyl sites for hydroxylation is 1. The van der Waals surface area contributed by atoms with E-state index < -0.39 is 0 Å². The molecule has 2 aromatic rings. The van der Waals surface area contributed by atoms with Crippen LogP contribution in [-0.2, 0) is 19.6 Å². The Hall–Kier alpha value is -2.38. The van der Waals surface area contributed by atoms with Gasteiger partial charge in [0, 0.05) is 43.8 Å². The zero-order chi connectivity index (χ0) is 23.7.